The van der Waals surface area contributed by atoms with Crippen LogP contribution in [0.4, 0.5) is 0 Å². The Kier molecular flexibility index (Phi) is 7.96. The number of nitrogens with one attached hydrogen (secondary N) is 1. The number of ether oxygens (including phenoxy) is 2. The topological polar surface area (TPSA) is 30.5 Å². The Hall–Kier alpha value is -0.120. The van der Waals surface area contributed by atoms with Gasteiger partial charge in [0.15, 0.2) is 0 Å². The van der Waals surface area contributed by atoms with Crippen LogP contribution >= 0.6 is 0 Å². The van der Waals surface area contributed by atoms with Crippen LogP contribution in [0.3, 0.4) is 0 Å². The molecule has 1 N–H and O–H groups in total. The van der Waals surface area contributed by atoms with E-state index in [-0.39, 0.29) is 0 Å². The Balaban J connectivity index is 1.98. The van der Waals surface area contributed by atoms with Crippen molar-refractivity contribution in [2.75, 3.05) is 33.5 Å². The summed E-state index contributed by atoms with van der Waals surface area (Å²) >= 11 is 0. The molecule has 3 nitrogen and oxygen atoms in total. The normalized spacial score (nSPS) is 24.6. The molecule has 0 aromatic rings. The first-order valence-corrected chi connectivity index (χ1v) is 7.84. The second kappa shape index (κ2) is 8.93. The van der Waals surface area contributed by atoms with Crippen molar-refractivity contribution in [2.24, 2.45) is 11.3 Å². The van der Waals surface area contributed by atoms with Crippen LogP contribution in [0.1, 0.15) is 52.9 Å². The highest BCUT2D eigenvalue weighted by atomic mass is 16.5. The summed E-state index contributed by atoms with van der Waals surface area (Å²) in [5, 5.41) is 3.67. The third-order valence-corrected chi connectivity index (χ3v) is 4.28. The summed E-state index contributed by atoms with van der Waals surface area (Å²) in [5.41, 5.74) is 0.486. The third-order valence-electron chi connectivity index (χ3n) is 4.28. The van der Waals surface area contributed by atoms with Gasteiger partial charge in [0.2, 0.25) is 0 Å². The van der Waals surface area contributed by atoms with E-state index >= 15 is 0 Å². The first-order valence-electron chi connectivity index (χ1n) is 7.84. The minimum absolute atomic E-state index is 0.486. The maximum Gasteiger partial charge on any atom is 0.0700 e. The molecule has 1 saturated carbocycles. The van der Waals surface area contributed by atoms with Crippen molar-refractivity contribution in [1.82, 2.24) is 5.32 Å². The van der Waals surface area contributed by atoms with E-state index in [0.29, 0.717) is 18.6 Å². The highest BCUT2D eigenvalue weighted by Crippen LogP contribution is 2.37. The molecule has 0 aromatic heterocycles. The first-order chi connectivity index (χ1) is 9.04. The van der Waals surface area contributed by atoms with Gasteiger partial charge in [-0.15, -0.1) is 0 Å². The fourth-order valence-corrected chi connectivity index (χ4v) is 2.89. The van der Waals surface area contributed by atoms with Crippen molar-refractivity contribution < 1.29 is 9.47 Å². The van der Waals surface area contributed by atoms with Gasteiger partial charge in [-0.25, -0.2) is 0 Å². The highest BCUT2D eigenvalue weighted by molar-refractivity contribution is 4.83. The Morgan fingerprint density at radius 2 is 1.68 bits per heavy atom. The summed E-state index contributed by atoms with van der Waals surface area (Å²) in [5.74, 6) is 0.905. The van der Waals surface area contributed by atoms with Gasteiger partial charge in [-0.1, -0.05) is 20.8 Å². The molecule has 0 saturated heterocycles. The summed E-state index contributed by atoms with van der Waals surface area (Å²) in [4.78, 5) is 0. The lowest BCUT2D eigenvalue weighted by molar-refractivity contribution is 0.0688. The van der Waals surface area contributed by atoms with Gasteiger partial charge in [0.1, 0.15) is 0 Å². The summed E-state index contributed by atoms with van der Waals surface area (Å²) in [6, 6.07) is 0.734. The summed E-state index contributed by atoms with van der Waals surface area (Å²) in [6.07, 6.45) is 6.54. The monoisotopic (exact) mass is 271 g/mol. The molecule has 0 aromatic carbocycles. The minimum Gasteiger partial charge on any atom is -0.382 e. The fourth-order valence-electron chi connectivity index (χ4n) is 2.89. The third kappa shape index (κ3) is 7.28. The summed E-state index contributed by atoms with van der Waals surface area (Å²) in [7, 11) is 1.71. The minimum atomic E-state index is 0.486. The van der Waals surface area contributed by atoms with Crippen LogP contribution in [0.2, 0.25) is 0 Å². The van der Waals surface area contributed by atoms with Gasteiger partial charge >= 0.3 is 0 Å². The van der Waals surface area contributed by atoms with E-state index in [1.807, 2.05) is 0 Å². The summed E-state index contributed by atoms with van der Waals surface area (Å²) in [6.45, 7) is 10.5. The molecular formula is C16H33NO2. The largest absolute Gasteiger partial charge is 0.382 e. The quantitative estimate of drug-likeness (QED) is 0.688. The molecule has 0 bridgehead atoms. The van der Waals surface area contributed by atoms with E-state index in [1.54, 1.807) is 7.11 Å². The molecule has 0 radical (unpaired) electrons. The number of methoxy groups -OCH3 is 1. The zero-order valence-corrected chi connectivity index (χ0v) is 13.3. The second-order valence-electron chi connectivity index (χ2n) is 6.83. The van der Waals surface area contributed by atoms with Crippen LogP contribution < -0.4 is 5.32 Å². The smallest absolute Gasteiger partial charge is 0.0700 e. The van der Waals surface area contributed by atoms with Gasteiger partial charge in [-0.3, -0.25) is 0 Å². The maximum absolute atomic E-state index is 5.46. The lowest BCUT2D eigenvalue weighted by Gasteiger charge is -2.37. The van der Waals surface area contributed by atoms with Crippen molar-refractivity contribution in [3.8, 4) is 0 Å². The van der Waals surface area contributed by atoms with Gasteiger partial charge < -0.3 is 14.8 Å². The van der Waals surface area contributed by atoms with E-state index in [2.05, 4.69) is 26.1 Å². The Bertz CT molecular complexity index is 217. The van der Waals surface area contributed by atoms with Gasteiger partial charge in [-0.2, -0.15) is 0 Å². The lowest BCUT2D eigenvalue weighted by atomic mass is 9.71. The zero-order chi connectivity index (χ0) is 14.1. The van der Waals surface area contributed by atoms with Crippen LogP contribution in [0, 0.1) is 11.3 Å². The molecule has 0 amide bonds. The average Bonchev–Trinajstić information content (AvgIpc) is 2.37. The Morgan fingerprint density at radius 1 is 1.00 bits per heavy atom. The molecule has 0 aliphatic heterocycles. The molecule has 3 heteroatoms. The Morgan fingerprint density at radius 3 is 2.26 bits per heavy atom. The van der Waals surface area contributed by atoms with Crippen molar-refractivity contribution >= 4 is 0 Å². The molecule has 0 unspecified atom stereocenters. The molecule has 1 rings (SSSR count). The van der Waals surface area contributed by atoms with Crippen LogP contribution in [-0.2, 0) is 9.47 Å². The Labute approximate surface area is 119 Å². The first kappa shape index (κ1) is 16.9. The maximum atomic E-state index is 5.46. The van der Waals surface area contributed by atoms with E-state index in [4.69, 9.17) is 9.47 Å². The molecule has 114 valence electrons. The van der Waals surface area contributed by atoms with E-state index in [9.17, 15) is 0 Å². The van der Waals surface area contributed by atoms with E-state index < -0.39 is 0 Å². The fraction of sp³-hybridized carbons (Fsp3) is 1.00. The molecule has 1 fully saturated rings. The molecule has 1 aliphatic carbocycles. The molecule has 0 atom stereocenters. The second-order valence-corrected chi connectivity index (χ2v) is 6.83. The van der Waals surface area contributed by atoms with Gasteiger partial charge in [0.05, 0.1) is 13.2 Å². The van der Waals surface area contributed by atoms with Crippen LogP contribution in [0.25, 0.3) is 0 Å². The van der Waals surface area contributed by atoms with Crippen LogP contribution in [0.5, 0.6) is 0 Å². The molecule has 19 heavy (non-hydrogen) atoms. The molecule has 0 spiro atoms. The van der Waals surface area contributed by atoms with Crippen molar-refractivity contribution in [2.45, 2.75) is 58.9 Å². The van der Waals surface area contributed by atoms with Gasteiger partial charge in [0, 0.05) is 19.8 Å². The molecule has 0 heterocycles. The van der Waals surface area contributed by atoms with Crippen LogP contribution in [0.15, 0.2) is 0 Å². The summed E-state index contributed by atoms with van der Waals surface area (Å²) < 4.78 is 10.4. The lowest BCUT2D eigenvalue weighted by Crippen LogP contribution is -2.36. The average molecular weight is 271 g/mol. The van der Waals surface area contributed by atoms with Crippen molar-refractivity contribution in [3.63, 3.8) is 0 Å². The SMILES string of the molecule is COCCOCCCNC1CCC(C(C)(C)C)CC1. The van der Waals surface area contributed by atoms with Gasteiger partial charge in [-0.05, 0) is 50.0 Å². The van der Waals surface area contributed by atoms with Crippen molar-refractivity contribution in [3.05, 3.63) is 0 Å². The standard InChI is InChI=1S/C16H33NO2/c1-16(2,3)14-6-8-15(9-7-14)17-10-5-11-19-13-12-18-4/h14-15,17H,5-13H2,1-4H3. The van der Waals surface area contributed by atoms with Crippen molar-refractivity contribution in [1.29, 1.82) is 0 Å². The van der Waals surface area contributed by atoms with Crippen LogP contribution in [-0.4, -0.2) is 39.5 Å². The van der Waals surface area contributed by atoms with Gasteiger partial charge in [0.25, 0.3) is 0 Å². The highest BCUT2D eigenvalue weighted by Gasteiger charge is 2.29. The predicted octanol–water partition coefficient (Wildman–Crippen LogP) is 3.23. The predicted molar refractivity (Wildman–Crippen MR) is 80.5 cm³/mol. The van der Waals surface area contributed by atoms with E-state index in [1.165, 1.54) is 25.7 Å². The molecular weight excluding hydrogens is 238 g/mol. The molecule has 1 aliphatic rings. The zero-order valence-electron chi connectivity index (χ0n) is 13.3. The van der Waals surface area contributed by atoms with E-state index in [0.717, 1.165) is 31.5 Å². The number of hydrogen-bond acceptors (Lipinski definition) is 3. The number of hydrogen-bond donors (Lipinski definition) is 1. The number of rotatable bonds is 8.